The van der Waals surface area contributed by atoms with Crippen LogP contribution >= 0.6 is 0 Å². The molecule has 90 valence electrons. The highest BCUT2D eigenvalue weighted by Gasteiger charge is 2.27. The van der Waals surface area contributed by atoms with Crippen molar-refractivity contribution < 1.29 is 8.97 Å². The van der Waals surface area contributed by atoms with Crippen molar-refractivity contribution in [3.05, 3.63) is 24.7 Å². The van der Waals surface area contributed by atoms with Crippen molar-refractivity contribution in [2.24, 2.45) is 0 Å². The second kappa shape index (κ2) is 4.56. The monoisotopic (exact) mass is 251 g/mol. The Hall–Kier alpha value is -1.24. The summed E-state index contributed by atoms with van der Waals surface area (Å²) >= 11 is -1.07. The third-order valence-electron chi connectivity index (χ3n) is 2.82. The molecule has 1 unspecified atom stereocenters. The van der Waals surface area contributed by atoms with Crippen LogP contribution in [0.1, 0.15) is 12.8 Å². The summed E-state index contributed by atoms with van der Waals surface area (Å²) in [6.07, 6.45) is 7.13. The lowest BCUT2D eigenvalue weighted by Gasteiger charge is -2.16. The molecule has 1 fully saturated rings. The van der Waals surface area contributed by atoms with E-state index in [2.05, 4.69) is 9.97 Å². The summed E-state index contributed by atoms with van der Waals surface area (Å²) in [5.41, 5.74) is 0.762. The molecule has 1 N–H and O–H groups in total. The third-order valence-corrected chi connectivity index (χ3v) is 4.29. The normalized spacial score (nSPS) is 18.6. The first-order chi connectivity index (χ1) is 8.34. The summed E-state index contributed by atoms with van der Waals surface area (Å²) in [4.78, 5) is 7.86. The fourth-order valence-electron chi connectivity index (χ4n) is 1.96. The first-order valence-corrected chi connectivity index (χ1v) is 6.70. The zero-order valence-electron chi connectivity index (χ0n) is 9.26. The number of hydrogen-bond donors (Lipinski definition) is 1. The molecule has 6 heteroatoms. The summed E-state index contributed by atoms with van der Waals surface area (Å²) in [5.74, 6) is 0.523. The van der Waals surface area contributed by atoms with Gasteiger partial charge in [0, 0.05) is 19.2 Å². The Labute approximate surface area is 102 Å². The SMILES string of the molecule is [O-][S+](c1c[nH]c(-c2ncco2)c1)N1CCCC1. The van der Waals surface area contributed by atoms with E-state index in [4.69, 9.17) is 4.42 Å². The minimum Gasteiger partial charge on any atom is -0.593 e. The average Bonchev–Trinajstić information content (AvgIpc) is 3.09. The second-order valence-electron chi connectivity index (χ2n) is 3.97. The Balaban J connectivity index is 1.80. The summed E-state index contributed by atoms with van der Waals surface area (Å²) in [5, 5.41) is 0. The molecule has 0 aromatic carbocycles. The maximum atomic E-state index is 12.2. The predicted octanol–water partition coefficient (Wildman–Crippen LogP) is 1.79. The molecule has 5 nitrogen and oxygen atoms in total. The van der Waals surface area contributed by atoms with Crippen molar-refractivity contribution in [1.82, 2.24) is 14.3 Å². The van der Waals surface area contributed by atoms with Gasteiger partial charge in [-0.1, -0.05) is 0 Å². The maximum absolute atomic E-state index is 12.2. The van der Waals surface area contributed by atoms with Gasteiger partial charge in [-0.05, 0) is 12.8 Å². The predicted molar refractivity (Wildman–Crippen MR) is 63.5 cm³/mol. The number of rotatable bonds is 3. The van der Waals surface area contributed by atoms with Crippen LogP contribution in [0.2, 0.25) is 0 Å². The quantitative estimate of drug-likeness (QED) is 0.844. The second-order valence-corrected chi connectivity index (χ2v) is 5.46. The summed E-state index contributed by atoms with van der Waals surface area (Å²) < 4.78 is 19.4. The summed E-state index contributed by atoms with van der Waals surface area (Å²) in [6.45, 7) is 1.82. The minimum atomic E-state index is -1.07. The molecule has 0 spiro atoms. The van der Waals surface area contributed by atoms with Crippen molar-refractivity contribution in [3.8, 4) is 11.6 Å². The van der Waals surface area contributed by atoms with Gasteiger partial charge in [-0.3, -0.25) is 0 Å². The number of hydrogen-bond acceptors (Lipinski definition) is 4. The Bertz CT molecular complexity index is 477. The van der Waals surface area contributed by atoms with E-state index in [0.717, 1.165) is 36.5 Å². The highest BCUT2D eigenvalue weighted by atomic mass is 32.2. The molecule has 0 radical (unpaired) electrons. The van der Waals surface area contributed by atoms with Gasteiger partial charge in [0.2, 0.25) is 5.89 Å². The molecule has 0 amide bonds. The minimum absolute atomic E-state index is 0.523. The van der Waals surface area contributed by atoms with Crippen molar-refractivity contribution in [3.63, 3.8) is 0 Å². The summed E-state index contributed by atoms with van der Waals surface area (Å²) in [6, 6.07) is 1.83. The van der Waals surface area contributed by atoms with Gasteiger partial charge in [-0.2, -0.15) is 0 Å². The zero-order chi connectivity index (χ0) is 11.7. The van der Waals surface area contributed by atoms with Crippen molar-refractivity contribution in [2.75, 3.05) is 13.1 Å². The zero-order valence-corrected chi connectivity index (χ0v) is 10.1. The van der Waals surface area contributed by atoms with E-state index in [1.54, 1.807) is 12.4 Å². The Morgan fingerprint density at radius 2 is 2.24 bits per heavy atom. The largest absolute Gasteiger partial charge is 0.593 e. The van der Waals surface area contributed by atoms with Gasteiger partial charge in [0.1, 0.15) is 12.0 Å². The Morgan fingerprint density at radius 3 is 2.94 bits per heavy atom. The highest BCUT2D eigenvalue weighted by Crippen LogP contribution is 2.24. The molecule has 3 rings (SSSR count). The molecule has 3 heterocycles. The van der Waals surface area contributed by atoms with Crippen LogP contribution in [0.5, 0.6) is 0 Å². The van der Waals surface area contributed by atoms with Gasteiger partial charge in [-0.15, -0.1) is 4.31 Å². The van der Waals surface area contributed by atoms with Crippen LogP contribution in [-0.2, 0) is 11.4 Å². The molecule has 1 atom stereocenters. The Kier molecular flexibility index (Phi) is 2.92. The van der Waals surface area contributed by atoms with Crippen LogP contribution in [0, 0.1) is 0 Å². The number of aromatic amines is 1. The molecule has 0 bridgehead atoms. The van der Waals surface area contributed by atoms with E-state index < -0.39 is 11.4 Å². The third kappa shape index (κ3) is 2.11. The molecular weight excluding hydrogens is 238 g/mol. The van der Waals surface area contributed by atoms with Gasteiger partial charge in [-0.25, -0.2) is 4.98 Å². The van der Waals surface area contributed by atoms with Crippen molar-refractivity contribution in [1.29, 1.82) is 0 Å². The van der Waals surface area contributed by atoms with Crippen LogP contribution in [-0.4, -0.2) is 31.9 Å². The van der Waals surface area contributed by atoms with Crippen LogP contribution < -0.4 is 0 Å². The number of H-pyrrole nitrogens is 1. The van der Waals surface area contributed by atoms with E-state index in [9.17, 15) is 4.55 Å². The van der Waals surface area contributed by atoms with Gasteiger partial charge in [0.05, 0.1) is 23.8 Å². The molecule has 0 saturated carbocycles. The standard InChI is InChI=1S/C11H13N3O2S/c15-17(14-4-1-2-5-14)9-7-10(13-8-9)11-12-3-6-16-11/h3,6-8,13H,1-2,4-5H2. The highest BCUT2D eigenvalue weighted by molar-refractivity contribution is 7.89. The van der Waals surface area contributed by atoms with Crippen LogP contribution in [0.25, 0.3) is 11.6 Å². The fraction of sp³-hybridized carbons (Fsp3) is 0.364. The first kappa shape index (κ1) is 10.9. The molecule has 1 saturated heterocycles. The lowest BCUT2D eigenvalue weighted by molar-refractivity contribution is 0.477. The molecule has 2 aromatic rings. The number of nitrogens with zero attached hydrogens (tertiary/aromatic N) is 2. The lowest BCUT2D eigenvalue weighted by Crippen LogP contribution is -2.27. The number of aromatic nitrogens is 2. The van der Waals surface area contributed by atoms with Gasteiger partial charge in [0.25, 0.3) is 0 Å². The first-order valence-electron chi connectivity index (χ1n) is 5.60. The molecule has 1 aliphatic heterocycles. The van der Waals surface area contributed by atoms with Gasteiger partial charge < -0.3 is 14.0 Å². The molecular formula is C11H13N3O2S. The van der Waals surface area contributed by atoms with Crippen LogP contribution in [0.4, 0.5) is 0 Å². The van der Waals surface area contributed by atoms with E-state index in [-0.39, 0.29) is 0 Å². The molecule has 17 heavy (non-hydrogen) atoms. The van der Waals surface area contributed by atoms with E-state index in [0.29, 0.717) is 5.89 Å². The van der Waals surface area contributed by atoms with E-state index >= 15 is 0 Å². The summed E-state index contributed by atoms with van der Waals surface area (Å²) in [7, 11) is 0. The smallest absolute Gasteiger partial charge is 0.242 e. The van der Waals surface area contributed by atoms with Crippen molar-refractivity contribution in [2.45, 2.75) is 17.7 Å². The number of oxazole rings is 1. The van der Waals surface area contributed by atoms with Gasteiger partial charge >= 0.3 is 0 Å². The Morgan fingerprint density at radius 1 is 1.41 bits per heavy atom. The average molecular weight is 251 g/mol. The van der Waals surface area contributed by atoms with Crippen LogP contribution in [0.15, 0.2) is 34.0 Å². The number of nitrogens with one attached hydrogen (secondary N) is 1. The van der Waals surface area contributed by atoms with Gasteiger partial charge in [0.15, 0.2) is 4.90 Å². The van der Waals surface area contributed by atoms with E-state index in [1.165, 1.54) is 6.26 Å². The van der Waals surface area contributed by atoms with Crippen LogP contribution in [0.3, 0.4) is 0 Å². The van der Waals surface area contributed by atoms with E-state index in [1.807, 2.05) is 10.4 Å². The van der Waals surface area contributed by atoms with Crippen molar-refractivity contribution >= 4 is 11.4 Å². The molecule has 2 aromatic heterocycles. The molecule has 0 aliphatic carbocycles. The molecule has 1 aliphatic rings. The lowest BCUT2D eigenvalue weighted by atomic mass is 10.4. The fourth-order valence-corrected chi connectivity index (χ4v) is 3.22. The maximum Gasteiger partial charge on any atom is 0.242 e. The topological polar surface area (TPSA) is 68.1 Å².